The Hall–Kier alpha value is -3.43. The third-order valence-electron chi connectivity index (χ3n) is 5.79. The molecule has 0 saturated carbocycles. The van der Waals surface area contributed by atoms with Gasteiger partial charge in [0, 0.05) is 35.8 Å². The first-order valence-electron chi connectivity index (χ1n) is 11.6. The molecule has 0 aliphatic heterocycles. The van der Waals surface area contributed by atoms with Gasteiger partial charge in [0.1, 0.15) is 17.4 Å². The molecule has 0 saturated heterocycles. The minimum atomic E-state index is -4.33. The Morgan fingerprint density at radius 1 is 1.08 bits per heavy atom. The highest BCUT2D eigenvalue weighted by Crippen LogP contribution is 2.38. The van der Waals surface area contributed by atoms with Gasteiger partial charge in [-0.25, -0.2) is 17.2 Å². The van der Waals surface area contributed by atoms with Gasteiger partial charge >= 0.3 is 0 Å². The maximum atomic E-state index is 15.0. The Morgan fingerprint density at radius 3 is 2.51 bits per heavy atom. The van der Waals surface area contributed by atoms with Gasteiger partial charge in [0.05, 0.1) is 29.4 Å². The minimum absolute atomic E-state index is 0.111. The summed E-state index contributed by atoms with van der Waals surface area (Å²) >= 11 is 5.94. The second-order valence-electron chi connectivity index (χ2n) is 8.55. The highest BCUT2D eigenvalue weighted by atomic mass is 35.5. The Balaban J connectivity index is 1.67. The average molecular weight is 546 g/mol. The summed E-state index contributed by atoms with van der Waals surface area (Å²) < 4.78 is 65.5. The molecule has 0 aliphatic rings. The SMILES string of the molecule is Cc1cnn(CCCOc2ccccc2C(C)N(c2cc(F)ccc2F)S(=O)(=O)c2ccc(Cl)cc2)c1. The van der Waals surface area contributed by atoms with Crippen molar-refractivity contribution in [3.05, 3.63) is 107 Å². The fourth-order valence-electron chi connectivity index (χ4n) is 4.00. The van der Waals surface area contributed by atoms with E-state index in [1.807, 2.05) is 17.8 Å². The molecular formula is C27H26ClF2N3O3S. The van der Waals surface area contributed by atoms with Crippen molar-refractivity contribution in [1.82, 2.24) is 9.78 Å². The van der Waals surface area contributed by atoms with E-state index < -0.39 is 33.4 Å². The summed E-state index contributed by atoms with van der Waals surface area (Å²) in [5.74, 6) is -1.20. The molecule has 0 bridgehead atoms. The smallest absolute Gasteiger partial charge is 0.264 e. The van der Waals surface area contributed by atoms with E-state index in [1.165, 1.54) is 24.3 Å². The first-order chi connectivity index (χ1) is 17.7. The van der Waals surface area contributed by atoms with Gasteiger partial charge in [-0.3, -0.25) is 8.99 Å². The van der Waals surface area contributed by atoms with Crippen LogP contribution < -0.4 is 9.04 Å². The highest BCUT2D eigenvalue weighted by molar-refractivity contribution is 7.92. The lowest BCUT2D eigenvalue weighted by atomic mass is 10.1. The van der Waals surface area contributed by atoms with Crippen LogP contribution in [0.2, 0.25) is 5.02 Å². The van der Waals surface area contributed by atoms with Gasteiger partial charge in [-0.1, -0.05) is 29.8 Å². The molecule has 194 valence electrons. The van der Waals surface area contributed by atoms with Crippen molar-refractivity contribution in [2.45, 2.75) is 37.8 Å². The maximum Gasteiger partial charge on any atom is 0.264 e. The lowest BCUT2D eigenvalue weighted by Crippen LogP contribution is -2.34. The molecular weight excluding hydrogens is 520 g/mol. The zero-order valence-corrected chi connectivity index (χ0v) is 21.9. The topological polar surface area (TPSA) is 64.4 Å². The molecule has 1 atom stereocenters. The van der Waals surface area contributed by atoms with Gasteiger partial charge in [0.2, 0.25) is 0 Å². The van der Waals surface area contributed by atoms with E-state index in [-0.39, 0.29) is 4.90 Å². The first-order valence-corrected chi connectivity index (χ1v) is 13.4. The molecule has 1 heterocycles. The van der Waals surface area contributed by atoms with E-state index in [0.717, 1.165) is 28.1 Å². The molecule has 4 rings (SSSR count). The number of aryl methyl sites for hydroxylation is 2. The van der Waals surface area contributed by atoms with Crippen molar-refractivity contribution in [2.24, 2.45) is 0 Å². The molecule has 0 N–H and O–H groups in total. The third-order valence-corrected chi connectivity index (χ3v) is 7.94. The van der Waals surface area contributed by atoms with Crippen molar-refractivity contribution in [3.63, 3.8) is 0 Å². The molecule has 10 heteroatoms. The summed E-state index contributed by atoms with van der Waals surface area (Å²) in [5, 5.41) is 4.60. The average Bonchev–Trinajstić information content (AvgIpc) is 3.29. The number of sulfonamides is 1. The van der Waals surface area contributed by atoms with Gasteiger partial charge in [-0.05, 0) is 61.9 Å². The predicted octanol–water partition coefficient (Wildman–Crippen LogP) is 6.55. The fraction of sp³-hybridized carbons (Fsp3) is 0.222. The minimum Gasteiger partial charge on any atom is -0.493 e. The number of para-hydroxylation sites is 1. The van der Waals surface area contributed by atoms with Crippen LogP contribution in [-0.4, -0.2) is 24.8 Å². The van der Waals surface area contributed by atoms with E-state index >= 15 is 0 Å². The standard InChI is InChI=1S/C27H26ClF2N3O3S/c1-19-17-31-32(18-19)14-5-15-36-27-7-4-3-6-24(27)20(2)33(26-16-22(29)10-13-25(26)30)37(34,35)23-11-8-21(28)9-12-23/h3-4,6-13,16-18,20H,5,14-15H2,1-2H3. The van der Waals surface area contributed by atoms with E-state index in [1.54, 1.807) is 37.4 Å². The van der Waals surface area contributed by atoms with Gasteiger partial charge < -0.3 is 4.74 Å². The van der Waals surface area contributed by atoms with Crippen LogP contribution in [-0.2, 0) is 16.6 Å². The van der Waals surface area contributed by atoms with Crippen LogP contribution in [0, 0.1) is 18.6 Å². The van der Waals surface area contributed by atoms with E-state index in [4.69, 9.17) is 16.3 Å². The molecule has 3 aromatic carbocycles. The zero-order chi connectivity index (χ0) is 26.6. The molecule has 0 spiro atoms. The molecule has 1 aromatic heterocycles. The summed E-state index contributed by atoms with van der Waals surface area (Å²) in [5.41, 5.74) is 1.15. The molecule has 37 heavy (non-hydrogen) atoms. The summed E-state index contributed by atoms with van der Waals surface area (Å²) in [4.78, 5) is -0.111. The first kappa shape index (κ1) is 26.6. The molecule has 0 amide bonds. The molecule has 0 aliphatic carbocycles. The van der Waals surface area contributed by atoms with Gasteiger partial charge in [0.15, 0.2) is 0 Å². The van der Waals surface area contributed by atoms with Gasteiger partial charge in [0.25, 0.3) is 10.0 Å². The van der Waals surface area contributed by atoms with Crippen LogP contribution in [0.5, 0.6) is 5.75 Å². The molecule has 0 radical (unpaired) electrons. The number of halogens is 3. The Bertz CT molecular complexity index is 1480. The lowest BCUT2D eigenvalue weighted by molar-refractivity contribution is 0.294. The molecule has 0 fully saturated rings. The van der Waals surface area contributed by atoms with Crippen LogP contribution in [0.4, 0.5) is 14.5 Å². The highest BCUT2D eigenvalue weighted by Gasteiger charge is 2.34. The summed E-state index contributed by atoms with van der Waals surface area (Å²) in [6, 6.07) is 14.2. The monoisotopic (exact) mass is 545 g/mol. The number of aromatic nitrogens is 2. The van der Waals surface area contributed by atoms with Crippen molar-refractivity contribution < 1.29 is 21.9 Å². The van der Waals surface area contributed by atoms with Crippen molar-refractivity contribution in [1.29, 1.82) is 0 Å². The Labute approximate surface area is 220 Å². The van der Waals surface area contributed by atoms with Crippen LogP contribution in [0.3, 0.4) is 0 Å². The van der Waals surface area contributed by atoms with Gasteiger partial charge in [-0.15, -0.1) is 0 Å². The lowest BCUT2D eigenvalue weighted by Gasteiger charge is -2.32. The van der Waals surface area contributed by atoms with E-state index in [0.29, 0.717) is 35.9 Å². The summed E-state index contributed by atoms with van der Waals surface area (Å²) in [6.07, 6.45) is 4.37. The molecule has 1 unspecified atom stereocenters. The van der Waals surface area contributed by atoms with Crippen molar-refractivity contribution >= 4 is 27.3 Å². The van der Waals surface area contributed by atoms with Crippen LogP contribution in [0.15, 0.2) is 84.0 Å². The normalized spacial score (nSPS) is 12.4. The van der Waals surface area contributed by atoms with Crippen LogP contribution in [0.25, 0.3) is 0 Å². The summed E-state index contributed by atoms with van der Waals surface area (Å²) in [7, 11) is -4.33. The number of nitrogens with zero attached hydrogens (tertiary/aromatic N) is 3. The fourth-order valence-corrected chi connectivity index (χ4v) is 5.76. The Kier molecular flexibility index (Phi) is 8.14. The quantitative estimate of drug-likeness (QED) is 0.212. The predicted molar refractivity (Wildman–Crippen MR) is 139 cm³/mol. The van der Waals surface area contributed by atoms with Crippen LogP contribution in [0.1, 0.15) is 30.5 Å². The number of ether oxygens (including phenoxy) is 1. The van der Waals surface area contributed by atoms with Crippen molar-refractivity contribution in [2.75, 3.05) is 10.9 Å². The number of benzene rings is 3. The van der Waals surface area contributed by atoms with E-state index in [2.05, 4.69) is 5.10 Å². The number of anilines is 1. The summed E-state index contributed by atoms with van der Waals surface area (Å²) in [6.45, 7) is 4.56. The van der Waals surface area contributed by atoms with E-state index in [9.17, 15) is 17.2 Å². The molecule has 6 nitrogen and oxygen atoms in total. The largest absolute Gasteiger partial charge is 0.493 e. The number of hydrogen-bond acceptors (Lipinski definition) is 4. The second-order valence-corrected chi connectivity index (χ2v) is 10.8. The maximum absolute atomic E-state index is 15.0. The Morgan fingerprint density at radius 2 is 1.81 bits per heavy atom. The van der Waals surface area contributed by atoms with Gasteiger partial charge in [-0.2, -0.15) is 5.10 Å². The van der Waals surface area contributed by atoms with Crippen LogP contribution >= 0.6 is 11.6 Å². The second kappa shape index (κ2) is 11.3. The zero-order valence-electron chi connectivity index (χ0n) is 20.3. The van der Waals surface area contributed by atoms with Crippen molar-refractivity contribution in [3.8, 4) is 5.75 Å². The third kappa shape index (κ3) is 6.11. The number of rotatable bonds is 10. The molecule has 4 aromatic rings. The number of hydrogen-bond donors (Lipinski definition) is 0.